The first-order valence-corrected chi connectivity index (χ1v) is 9.35. The molecule has 1 N–H and O–H groups in total. The molecule has 0 saturated carbocycles. The molecule has 0 fully saturated rings. The molecule has 0 heterocycles. The van der Waals surface area contributed by atoms with Gasteiger partial charge in [0.15, 0.2) is 11.5 Å². The minimum Gasteiger partial charge on any atom is -0.493 e. The van der Waals surface area contributed by atoms with Crippen molar-refractivity contribution in [2.75, 3.05) is 12.4 Å². The summed E-state index contributed by atoms with van der Waals surface area (Å²) in [4.78, 5) is 0. The van der Waals surface area contributed by atoms with Crippen LogP contribution in [0, 0.1) is 0 Å². The second-order valence-electron chi connectivity index (χ2n) is 5.74. The molecule has 26 heavy (non-hydrogen) atoms. The minimum absolute atomic E-state index is 0.422. The molecule has 5 heteroatoms. The highest BCUT2D eigenvalue weighted by atomic mass is 79.9. The first-order chi connectivity index (χ1) is 12.7. The Labute approximate surface area is 167 Å². The Morgan fingerprint density at radius 2 is 1.69 bits per heavy atom. The Morgan fingerprint density at radius 3 is 2.38 bits per heavy atom. The zero-order valence-corrected chi connectivity index (χ0v) is 16.7. The molecule has 0 aliphatic rings. The molecular formula is C21H19BrClNO2. The lowest BCUT2D eigenvalue weighted by Gasteiger charge is -2.15. The Balaban J connectivity index is 1.71. The summed E-state index contributed by atoms with van der Waals surface area (Å²) in [6.07, 6.45) is 0. The minimum atomic E-state index is 0.422. The van der Waals surface area contributed by atoms with Crippen molar-refractivity contribution < 1.29 is 9.47 Å². The maximum atomic E-state index is 6.45. The van der Waals surface area contributed by atoms with Gasteiger partial charge in [-0.25, -0.2) is 0 Å². The summed E-state index contributed by atoms with van der Waals surface area (Å²) < 4.78 is 12.4. The number of rotatable bonds is 7. The molecule has 0 amide bonds. The van der Waals surface area contributed by atoms with Crippen LogP contribution in [-0.4, -0.2) is 7.11 Å². The average molecular weight is 433 g/mol. The molecule has 3 aromatic rings. The van der Waals surface area contributed by atoms with Crippen molar-refractivity contribution in [1.29, 1.82) is 0 Å². The van der Waals surface area contributed by atoms with Gasteiger partial charge < -0.3 is 14.8 Å². The van der Waals surface area contributed by atoms with E-state index in [2.05, 4.69) is 21.2 Å². The van der Waals surface area contributed by atoms with E-state index in [1.807, 2.05) is 66.7 Å². The number of anilines is 1. The van der Waals surface area contributed by atoms with E-state index in [4.69, 9.17) is 21.1 Å². The van der Waals surface area contributed by atoms with Crippen LogP contribution >= 0.6 is 27.5 Å². The molecule has 0 radical (unpaired) electrons. The number of methoxy groups -OCH3 is 1. The Kier molecular flexibility index (Phi) is 6.42. The van der Waals surface area contributed by atoms with E-state index < -0.39 is 0 Å². The molecule has 0 aliphatic heterocycles. The fourth-order valence-electron chi connectivity index (χ4n) is 2.51. The number of ether oxygens (including phenoxy) is 2. The predicted molar refractivity (Wildman–Crippen MR) is 110 cm³/mol. The molecular weight excluding hydrogens is 414 g/mol. The maximum Gasteiger partial charge on any atom is 0.180 e. The van der Waals surface area contributed by atoms with Crippen molar-refractivity contribution in [3.63, 3.8) is 0 Å². The van der Waals surface area contributed by atoms with Gasteiger partial charge in [0, 0.05) is 16.7 Å². The highest BCUT2D eigenvalue weighted by Crippen LogP contribution is 2.37. The zero-order chi connectivity index (χ0) is 18.4. The van der Waals surface area contributed by atoms with Crippen molar-refractivity contribution in [3.05, 3.63) is 87.4 Å². The Bertz CT molecular complexity index is 854. The number of hydrogen-bond acceptors (Lipinski definition) is 3. The van der Waals surface area contributed by atoms with Gasteiger partial charge in [0.1, 0.15) is 6.61 Å². The van der Waals surface area contributed by atoms with Gasteiger partial charge in [0.05, 0.1) is 12.1 Å². The maximum absolute atomic E-state index is 6.45. The van der Waals surface area contributed by atoms with Crippen molar-refractivity contribution >= 4 is 33.2 Å². The van der Waals surface area contributed by atoms with Crippen LogP contribution in [0.3, 0.4) is 0 Å². The fourth-order valence-corrected chi connectivity index (χ4v) is 3.06. The summed E-state index contributed by atoms with van der Waals surface area (Å²) in [6.45, 7) is 1.07. The Hall–Kier alpha value is -2.17. The van der Waals surface area contributed by atoms with E-state index in [-0.39, 0.29) is 0 Å². The molecule has 0 saturated heterocycles. The van der Waals surface area contributed by atoms with Gasteiger partial charge >= 0.3 is 0 Å². The van der Waals surface area contributed by atoms with Crippen LogP contribution in [0.15, 0.2) is 71.2 Å². The Morgan fingerprint density at radius 1 is 0.962 bits per heavy atom. The molecule has 0 bridgehead atoms. The monoisotopic (exact) mass is 431 g/mol. The molecule has 0 atom stereocenters. The van der Waals surface area contributed by atoms with Crippen molar-refractivity contribution in [3.8, 4) is 11.5 Å². The summed E-state index contributed by atoms with van der Waals surface area (Å²) in [5, 5.41) is 3.90. The summed E-state index contributed by atoms with van der Waals surface area (Å²) >= 11 is 9.87. The second-order valence-corrected chi connectivity index (χ2v) is 7.07. The summed E-state index contributed by atoms with van der Waals surface area (Å²) in [5.41, 5.74) is 3.13. The van der Waals surface area contributed by atoms with Gasteiger partial charge in [-0.2, -0.15) is 0 Å². The molecule has 0 aliphatic carbocycles. The lowest BCUT2D eigenvalue weighted by molar-refractivity contribution is 0.284. The van der Waals surface area contributed by atoms with Gasteiger partial charge in [-0.3, -0.25) is 0 Å². The van der Waals surface area contributed by atoms with Crippen molar-refractivity contribution in [1.82, 2.24) is 0 Å². The van der Waals surface area contributed by atoms with E-state index in [0.717, 1.165) is 21.3 Å². The first-order valence-electron chi connectivity index (χ1n) is 8.18. The average Bonchev–Trinajstić information content (AvgIpc) is 2.67. The topological polar surface area (TPSA) is 30.5 Å². The van der Waals surface area contributed by atoms with E-state index in [1.54, 1.807) is 7.11 Å². The second kappa shape index (κ2) is 8.97. The summed E-state index contributed by atoms with van der Waals surface area (Å²) in [7, 11) is 1.62. The van der Waals surface area contributed by atoms with Crippen LogP contribution in [0.4, 0.5) is 5.69 Å². The number of halogens is 2. The van der Waals surface area contributed by atoms with Crippen LogP contribution < -0.4 is 14.8 Å². The van der Waals surface area contributed by atoms with Gasteiger partial charge in [0.25, 0.3) is 0 Å². The van der Waals surface area contributed by atoms with Crippen LogP contribution in [-0.2, 0) is 13.2 Å². The lowest BCUT2D eigenvalue weighted by atomic mass is 10.2. The fraction of sp³-hybridized carbons (Fsp3) is 0.143. The quantitative estimate of drug-likeness (QED) is 0.475. The summed E-state index contributed by atoms with van der Waals surface area (Å²) in [6, 6.07) is 21.8. The van der Waals surface area contributed by atoms with Crippen LogP contribution in [0.5, 0.6) is 11.5 Å². The third-order valence-electron chi connectivity index (χ3n) is 3.86. The van der Waals surface area contributed by atoms with E-state index in [0.29, 0.717) is 29.7 Å². The predicted octanol–water partition coefficient (Wildman–Crippen LogP) is 6.30. The zero-order valence-electron chi connectivity index (χ0n) is 14.3. The van der Waals surface area contributed by atoms with Crippen molar-refractivity contribution in [2.45, 2.75) is 13.2 Å². The van der Waals surface area contributed by atoms with Crippen LogP contribution in [0.25, 0.3) is 0 Å². The molecule has 0 spiro atoms. The molecule has 134 valence electrons. The number of nitrogens with one attached hydrogen (secondary N) is 1. The van der Waals surface area contributed by atoms with Gasteiger partial charge in [-0.1, -0.05) is 57.9 Å². The molecule has 3 aromatic carbocycles. The number of para-hydroxylation sites is 1. The van der Waals surface area contributed by atoms with Gasteiger partial charge in [0.2, 0.25) is 0 Å². The number of hydrogen-bond donors (Lipinski definition) is 1. The molecule has 0 aromatic heterocycles. The van der Waals surface area contributed by atoms with Crippen LogP contribution in [0.1, 0.15) is 11.1 Å². The molecule has 0 unspecified atom stereocenters. The molecule has 3 rings (SSSR count). The third-order valence-corrected chi connectivity index (χ3v) is 4.67. The van der Waals surface area contributed by atoms with Gasteiger partial charge in [-0.05, 0) is 47.5 Å². The van der Waals surface area contributed by atoms with Crippen LogP contribution in [0.2, 0.25) is 5.02 Å². The standard InChI is InChI=1S/C21H19BrClNO2/c1-25-20-12-16(13-24-18-5-3-2-4-6-18)11-19(23)21(20)26-14-15-7-9-17(22)10-8-15/h2-12,24H,13-14H2,1H3. The van der Waals surface area contributed by atoms with E-state index in [1.165, 1.54) is 0 Å². The van der Waals surface area contributed by atoms with E-state index in [9.17, 15) is 0 Å². The highest BCUT2D eigenvalue weighted by Gasteiger charge is 2.12. The van der Waals surface area contributed by atoms with Crippen molar-refractivity contribution in [2.24, 2.45) is 0 Å². The summed E-state index contributed by atoms with van der Waals surface area (Å²) in [5.74, 6) is 1.18. The van der Waals surface area contributed by atoms with E-state index >= 15 is 0 Å². The smallest absolute Gasteiger partial charge is 0.180 e. The highest BCUT2D eigenvalue weighted by molar-refractivity contribution is 9.10. The largest absolute Gasteiger partial charge is 0.493 e. The first kappa shape index (κ1) is 18.6. The number of benzene rings is 3. The lowest BCUT2D eigenvalue weighted by Crippen LogP contribution is -2.02. The van der Waals surface area contributed by atoms with Gasteiger partial charge in [-0.15, -0.1) is 0 Å². The normalized spacial score (nSPS) is 10.4. The third kappa shape index (κ3) is 4.93. The SMILES string of the molecule is COc1cc(CNc2ccccc2)cc(Cl)c1OCc1ccc(Br)cc1. The molecule has 3 nitrogen and oxygen atoms in total.